The lowest BCUT2D eigenvalue weighted by Crippen LogP contribution is -2.21. The normalized spacial score (nSPS) is 14.8. The van der Waals surface area contributed by atoms with E-state index in [0.717, 1.165) is 47.7 Å². The summed E-state index contributed by atoms with van der Waals surface area (Å²) < 4.78 is 0. The summed E-state index contributed by atoms with van der Waals surface area (Å²) in [6, 6.07) is 78.9. The zero-order chi connectivity index (χ0) is 46.4. The van der Waals surface area contributed by atoms with E-state index >= 15 is 0 Å². The molecule has 0 aliphatic heterocycles. The zero-order valence-corrected chi connectivity index (χ0v) is 38.9. The van der Waals surface area contributed by atoms with Gasteiger partial charge in [-0.05, 0) is 174 Å². The van der Waals surface area contributed by atoms with Gasteiger partial charge in [0.15, 0.2) is 0 Å². The largest absolute Gasteiger partial charge is 0.314 e. The van der Waals surface area contributed by atoms with Crippen LogP contribution in [0.1, 0.15) is 24.0 Å². The Labute approximate surface area is 410 Å². The van der Waals surface area contributed by atoms with Crippen LogP contribution in [0.4, 0.5) is 28.4 Å². The number of nitrogens with zero attached hydrogens (tertiary/aromatic N) is 2. The summed E-state index contributed by atoms with van der Waals surface area (Å²) in [4.78, 5) is 4.92. The van der Waals surface area contributed by atoms with Gasteiger partial charge < -0.3 is 9.80 Å². The molecule has 0 aromatic heterocycles. The van der Waals surface area contributed by atoms with Gasteiger partial charge in [-0.25, -0.2) is 0 Å². The van der Waals surface area contributed by atoms with Crippen molar-refractivity contribution in [3.8, 4) is 33.4 Å². The van der Waals surface area contributed by atoms with Crippen LogP contribution in [0.25, 0.3) is 71.8 Å². The van der Waals surface area contributed by atoms with Crippen LogP contribution in [0.5, 0.6) is 0 Å². The molecular formula is C68H50N2. The van der Waals surface area contributed by atoms with Gasteiger partial charge in [-0.2, -0.15) is 0 Å². The van der Waals surface area contributed by atoms with Crippen LogP contribution in [0.2, 0.25) is 0 Å². The zero-order valence-electron chi connectivity index (χ0n) is 38.9. The molecule has 10 aromatic carbocycles. The molecule has 13 rings (SSSR count). The van der Waals surface area contributed by atoms with Crippen LogP contribution >= 0.6 is 0 Å². The van der Waals surface area contributed by atoms with Gasteiger partial charge in [0, 0.05) is 40.1 Å². The number of hydrogen-bond acceptors (Lipinski definition) is 2. The third kappa shape index (κ3) is 7.55. The average Bonchev–Trinajstić information content (AvgIpc) is 3.43. The summed E-state index contributed by atoms with van der Waals surface area (Å²) >= 11 is 0. The van der Waals surface area contributed by atoms with Crippen LogP contribution in [0.15, 0.2) is 266 Å². The molecule has 332 valence electrons. The first-order valence-electron chi connectivity index (χ1n) is 24.6. The van der Waals surface area contributed by atoms with Crippen molar-refractivity contribution < 1.29 is 0 Å². The first kappa shape index (κ1) is 41.5. The smallest absolute Gasteiger partial charge is 0.0468 e. The Kier molecular flexibility index (Phi) is 10.5. The molecule has 2 nitrogen and oxygen atoms in total. The van der Waals surface area contributed by atoms with Gasteiger partial charge in [0.1, 0.15) is 0 Å². The van der Waals surface area contributed by atoms with Crippen LogP contribution < -0.4 is 9.80 Å². The number of para-hydroxylation sites is 2. The highest BCUT2D eigenvalue weighted by Gasteiger charge is 2.26. The van der Waals surface area contributed by atoms with Gasteiger partial charge >= 0.3 is 0 Å². The van der Waals surface area contributed by atoms with E-state index < -0.39 is 0 Å². The Bertz CT molecular complexity index is 3780. The third-order valence-electron chi connectivity index (χ3n) is 14.6. The number of allylic oxidation sites excluding steroid dienone is 9. The minimum atomic E-state index is 0.335. The Hall–Kier alpha value is -8.72. The lowest BCUT2D eigenvalue weighted by molar-refractivity contribution is 0.732. The topological polar surface area (TPSA) is 6.48 Å². The molecule has 3 aliphatic carbocycles. The summed E-state index contributed by atoms with van der Waals surface area (Å²) in [6.45, 7) is 0. The van der Waals surface area contributed by atoms with Gasteiger partial charge in [-0.3, -0.25) is 0 Å². The molecule has 2 heteroatoms. The van der Waals surface area contributed by atoms with Crippen LogP contribution in [-0.2, 0) is 6.42 Å². The lowest BCUT2D eigenvalue weighted by Gasteiger charge is -2.33. The molecule has 70 heavy (non-hydrogen) atoms. The first-order chi connectivity index (χ1) is 34.7. The quantitative estimate of drug-likeness (QED) is 0.133. The number of anilines is 5. The Balaban J connectivity index is 1.10. The fraction of sp³-hybridized carbons (Fsp3) is 0.0588. The van der Waals surface area contributed by atoms with Crippen LogP contribution in [0, 0.1) is 5.92 Å². The molecule has 0 amide bonds. The van der Waals surface area contributed by atoms with Gasteiger partial charge in [-0.1, -0.05) is 188 Å². The van der Waals surface area contributed by atoms with E-state index in [1.165, 1.54) is 88.1 Å². The Morgan fingerprint density at radius 2 is 0.971 bits per heavy atom. The highest BCUT2D eigenvalue weighted by molar-refractivity contribution is 6.23. The second-order valence-electron chi connectivity index (χ2n) is 18.8. The number of aryl methyl sites for hydroxylation is 1. The van der Waals surface area contributed by atoms with E-state index in [2.05, 4.69) is 271 Å². The van der Waals surface area contributed by atoms with Crippen LogP contribution in [-0.4, -0.2) is 0 Å². The summed E-state index contributed by atoms with van der Waals surface area (Å²) in [7, 11) is 0. The molecule has 10 aromatic rings. The molecule has 0 spiro atoms. The Morgan fingerprint density at radius 1 is 0.386 bits per heavy atom. The van der Waals surface area contributed by atoms with E-state index in [0.29, 0.717) is 5.92 Å². The second kappa shape index (κ2) is 17.7. The van der Waals surface area contributed by atoms with Crippen molar-refractivity contribution >= 4 is 66.8 Å². The highest BCUT2D eigenvalue weighted by atomic mass is 15.2. The minimum Gasteiger partial charge on any atom is -0.314 e. The van der Waals surface area contributed by atoms with Crippen molar-refractivity contribution in [1.82, 2.24) is 0 Å². The van der Waals surface area contributed by atoms with Crippen molar-refractivity contribution in [1.29, 1.82) is 0 Å². The number of rotatable bonds is 9. The van der Waals surface area contributed by atoms with Gasteiger partial charge in [-0.15, -0.1) is 0 Å². The van der Waals surface area contributed by atoms with Crippen molar-refractivity contribution in [3.05, 3.63) is 277 Å². The van der Waals surface area contributed by atoms with Gasteiger partial charge in [0.2, 0.25) is 0 Å². The monoisotopic (exact) mass is 894 g/mol. The van der Waals surface area contributed by atoms with E-state index in [-0.39, 0.29) is 0 Å². The van der Waals surface area contributed by atoms with Crippen molar-refractivity contribution in [2.45, 2.75) is 19.3 Å². The van der Waals surface area contributed by atoms with E-state index in [1.807, 2.05) is 0 Å². The third-order valence-corrected chi connectivity index (χ3v) is 14.6. The predicted octanol–water partition coefficient (Wildman–Crippen LogP) is 18.7. The summed E-state index contributed by atoms with van der Waals surface area (Å²) in [5.41, 5.74) is 18.3. The summed E-state index contributed by atoms with van der Waals surface area (Å²) in [5.74, 6) is 0.335. The predicted molar refractivity (Wildman–Crippen MR) is 298 cm³/mol. The number of fused-ring (bicyclic) bond motifs is 5. The van der Waals surface area contributed by atoms with Gasteiger partial charge in [0.05, 0.1) is 0 Å². The second-order valence-corrected chi connectivity index (χ2v) is 18.8. The lowest BCUT2D eigenvalue weighted by atomic mass is 9.84. The summed E-state index contributed by atoms with van der Waals surface area (Å²) in [5, 5.41) is 7.30. The van der Waals surface area contributed by atoms with E-state index in [9.17, 15) is 0 Å². The number of benzene rings is 10. The van der Waals surface area contributed by atoms with Crippen LogP contribution in [0.3, 0.4) is 0 Å². The molecule has 1 unspecified atom stereocenters. The summed E-state index contributed by atoms with van der Waals surface area (Å²) in [6.07, 6.45) is 21.2. The van der Waals surface area contributed by atoms with E-state index in [1.54, 1.807) is 0 Å². The molecular weight excluding hydrogens is 845 g/mol. The Morgan fingerprint density at radius 3 is 1.71 bits per heavy atom. The number of hydrogen-bond donors (Lipinski definition) is 0. The molecule has 1 atom stereocenters. The molecule has 0 saturated heterocycles. The first-order valence-corrected chi connectivity index (χ1v) is 24.6. The van der Waals surface area contributed by atoms with Crippen molar-refractivity contribution in [3.63, 3.8) is 0 Å². The fourth-order valence-electron chi connectivity index (χ4n) is 11.2. The maximum absolute atomic E-state index is 2.48. The fourth-order valence-corrected chi connectivity index (χ4v) is 11.2. The van der Waals surface area contributed by atoms with Crippen molar-refractivity contribution in [2.75, 3.05) is 9.80 Å². The average molecular weight is 895 g/mol. The minimum absolute atomic E-state index is 0.335. The van der Waals surface area contributed by atoms with Crippen molar-refractivity contribution in [2.24, 2.45) is 5.92 Å². The standard InChI is InChI=1S/C68H50N2/c1-4-16-47(17-5-1)51-28-31-52(32-29-51)67-63-40-38-62(70(58-26-8-3-9-27-58)60-37-35-50-20-12-15-23-55(50)44-60)46-66(63)68(56-33-30-48-18-10-13-21-53(48)42-56)64-41-39-61(45-65(64)67)69(57-24-6-2-7-25-57)59-36-34-49-19-11-14-22-54(49)43-59/h1-14,16-22,24-42,44-46,54H,15,23,43H2. The SMILES string of the molecule is C1=CC2=CC=C(N(c3ccccc3)c3ccc4c(-c5ccc6ccccc6c5)c5cc(N(c6ccccc6)c6ccc7c(c6)CCC=C7)ccc5c(-c5ccc(-c6ccccc6)cc5)c4c3)CC2C=C1. The molecule has 0 bridgehead atoms. The molecule has 0 saturated carbocycles. The highest BCUT2D eigenvalue weighted by Crippen LogP contribution is 2.49. The van der Waals surface area contributed by atoms with E-state index in [4.69, 9.17) is 0 Å². The molecule has 0 N–H and O–H groups in total. The molecule has 0 heterocycles. The maximum atomic E-state index is 2.48. The molecule has 3 aliphatic rings. The van der Waals surface area contributed by atoms with Gasteiger partial charge in [0.25, 0.3) is 0 Å². The molecule has 0 fully saturated rings. The molecule has 0 radical (unpaired) electrons. The maximum Gasteiger partial charge on any atom is 0.0468 e.